The summed E-state index contributed by atoms with van der Waals surface area (Å²) in [4.78, 5) is 12.0. The predicted molar refractivity (Wildman–Crippen MR) is 88.5 cm³/mol. The summed E-state index contributed by atoms with van der Waals surface area (Å²) in [5, 5.41) is 0.268. The van der Waals surface area contributed by atoms with Crippen molar-refractivity contribution in [3.05, 3.63) is 58.4 Å². The van der Waals surface area contributed by atoms with Crippen molar-refractivity contribution in [3.63, 3.8) is 0 Å². The van der Waals surface area contributed by atoms with Crippen molar-refractivity contribution >= 4 is 27.5 Å². The Labute approximate surface area is 139 Å². The number of aryl methyl sites for hydroxylation is 1. The fourth-order valence-corrected chi connectivity index (χ4v) is 2.76. The van der Waals surface area contributed by atoms with Gasteiger partial charge in [0.05, 0.1) is 5.75 Å². The van der Waals surface area contributed by atoms with Gasteiger partial charge in [-0.25, -0.2) is 17.5 Å². The molecule has 0 heterocycles. The van der Waals surface area contributed by atoms with E-state index in [2.05, 4.69) is 0 Å². The van der Waals surface area contributed by atoms with Gasteiger partial charge in [-0.1, -0.05) is 29.8 Å². The van der Waals surface area contributed by atoms with Crippen LogP contribution < -0.4 is 4.72 Å². The Morgan fingerprint density at radius 1 is 1.22 bits per heavy atom. The molecule has 0 atom stereocenters. The molecular formula is C16H15ClFNO3S. The fraction of sp³-hybridized carbons (Fsp3) is 0.188. The molecule has 7 heteroatoms. The minimum atomic E-state index is -3.68. The summed E-state index contributed by atoms with van der Waals surface area (Å²) in [6.07, 6.45) is 0. The number of carbonyl (C=O) groups is 1. The molecule has 0 bridgehead atoms. The molecule has 1 amide bonds. The molecule has 0 saturated heterocycles. The van der Waals surface area contributed by atoms with E-state index in [9.17, 15) is 17.6 Å². The van der Waals surface area contributed by atoms with Gasteiger partial charge in [-0.05, 0) is 37.6 Å². The van der Waals surface area contributed by atoms with Crippen molar-refractivity contribution in [2.24, 2.45) is 0 Å². The lowest BCUT2D eigenvalue weighted by Crippen LogP contribution is -2.31. The minimum Gasteiger partial charge on any atom is -0.268 e. The molecule has 23 heavy (non-hydrogen) atoms. The minimum absolute atomic E-state index is 0.0855. The van der Waals surface area contributed by atoms with Gasteiger partial charge in [-0.15, -0.1) is 0 Å². The van der Waals surface area contributed by atoms with Gasteiger partial charge in [-0.2, -0.15) is 0 Å². The molecule has 0 unspecified atom stereocenters. The summed E-state index contributed by atoms with van der Waals surface area (Å²) in [6, 6.07) is 9.05. The van der Waals surface area contributed by atoms with E-state index in [4.69, 9.17) is 11.6 Å². The summed E-state index contributed by atoms with van der Waals surface area (Å²) in [5.74, 6) is -1.43. The van der Waals surface area contributed by atoms with Crippen LogP contribution in [-0.2, 0) is 10.0 Å². The van der Waals surface area contributed by atoms with E-state index in [1.165, 1.54) is 25.1 Å². The second-order valence-corrected chi connectivity index (χ2v) is 7.38. The number of halogens is 2. The van der Waals surface area contributed by atoms with E-state index in [-0.39, 0.29) is 21.9 Å². The van der Waals surface area contributed by atoms with Crippen molar-refractivity contribution < 1.29 is 17.6 Å². The first kappa shape index (κ1) is 17.4. The van der Waals surface area contributed by atoms with Crippen molar-refractivity contribution in [1.29, 1.82) is 0 Å². The van der Waals surface area contributed by atoms with E-state index >= 15 is 0 Å². The van der Waals surface area contributed by atoms with Crippen LogP contribution in [0.15, 0.2) is 36.4 Å². The van der Waals surface area contributed by atoms with E-state index in [0.29, 0.717) is 11.1 Å². The van der Waals surface area contributed by atoms with Crippen LogP contribution in [0.2, 0.25) is 5.02 Å². The number of sulfonamides is 1. The highest BCUT2D eigenvalue weighted by atomic mass is 35.5. The van der Waals surface area contributed by atoms with Crippen molar-refractivity contribution in [1.82, 2.24) is 4.72 Å². The van der Waals surface area contributed by atoms with Gasteiger partial charge >= 0.3 is 0 Å². The van der Waals surface area contributed by atoms with Crippen molar-refractivity contribution in [2.45, 2.75) is 13.8 Å². The highest BCUT2D eigenvalue weighted by Gasteiger charge is 2.17. The van der Waals surface area contributed by atoms with E-state index < -0.39 is 21.7 Å². The number of hydrogen-bond donors (Lipinski definition) is 1. The van der Waals surface area contributed by atoms with Gasteiger partial charge in [0.25, 0.3) is 5.91 Å². The Balaban J connectivity index is 2.48. The lowest BCUT2D eigenvalue weighted by Gasteiger charge is -2.10. The second-order valence-electron chi connectivity index (χ2n) is 4.97. The van der Waals surface area contributed by atoms with Gasteiger partial charge < -0.3 is 0 Å². The number of carbonyl (C=O) groups excluding carboxylic acids is 1. The molecule has 0 radical (unpaired) electrons. The zero-order chi connectivity index (χ0) is 17.2. The number of hydrogen-bond acceptors (Lipinski definition) is 3. The first-order valence-electron chi connectivity index (χ1n) is 6.85. The topological polar surface area (TPSA) is 63.2 Å². The highest BCUT2D eigenvalue weighted by molar-refractivity contribution is 7.90. The molecule has 0 aromatic heterocycles. The van der Waals surface area contributed by atoms with Gasteiger partial charge in [0, 0.05) is 21.7 Å². The summed E-state index contributed by atoms with van der Waals surface area (Å²) in [6.45, 7) is 3.04. The van der Waals surface area contributed by atoms with E-state index in [0.717, 1.165) is 0 Å². The summed E-state index contributed by atoms with van der Waals surface area (Å²) in [5.41, 5.74) is 1.11. The third-order valence-corrected chi connectivity index (χ3v) is 4.92. The summed E-state index contributed by atoms with van der Waals surface area (Å²) < 4.78 is 39.2. The van der Waals surface area contributed by atoms with Crippen LogP contribution in [0.25, 0.3) is 11.1 Å². The Bertz CT molecular complexity index is 866. The molecule has 0 aliphatic carbocycles. The van der Waals surface area contributed by atoms with Crippen LogP contribution in [-0.4, -0.2) is 20.1 Å². The molecule has 0 spiro atoms. The van der Waals surface area contributed by atoms with Gasteiger partial charge in [0.1, 0.15) is 5.82 Å². The average Bonchev–Trinajstić information content (AvgIpc) is 2.50. The van der Waals surface area contributed by atoms with Crippen LogP contribution in [0.1, 0.15) is 22.8 Å². The van der Waals surface area contributed by atoms with E-state index in [1.54, 1.807) is 25.1 Å². The molecule has 0 aliphatic heterocycles. The standard InChI is InChI=1S/C16H15ClFNO3S/c1-3-23(21,22)19-16(20)11-7-8-14(17)13(9-11)12-6-4-5-10(2)15(12)18/h4-9H,3H2,1-2H3,(H,19,20). The molecule has 1 N–H and O–H groups in total. The highest BCUT2D eigenvalue weighted by Crippen LogP contribution is 2.31. The average molecular weight is 356 g/mol. The molecule has 0 fully saturated rings. The molecule has 122 valence electrons. The van der Waals surface area contributed by atoms with Crippen LogP contribution in [0.4, 0.5) is 4.39 Å². The zero-order valence-electron chi connectivity index (χ0n) is 12.6. The lowest BCUT2D eigenvalue weighted by atomic mass is 10.0. The Hall–Kier alpha value is -1.92. The maximum Gasteiger partial charge on any atom is 0.264 e. The lowest BCUT2D eigenvalue weighted by molar-refractivity contribution is 0.0981. The maximum absolute atomic E-state index is 14.3. The van der Waals surface area contributed by atoms with Gasteiger partial charge in [-0.3, -0.25) is 4.79 Å². The number of rotatable bonds is 4. The molecule has 2 rings (SSSR count). The molecule has 4 nitrogen and oxygen atoms in total. The van der Waals surface area contributed by atoms with Crippen LogP contribution in [0, 0.1) is 12.7 Å². The number of nitrogens with one attached hydrogen (secondary N) is 1. The Kier molecular flexibility index (Phi) is 5.06. The van der Waals surface area contributed by atoms with Gasteiger partial charge in [0.2, 0.25) is 10.0 Å². The molecule has 2 aromatic rings. The summed E-state index contributed by atoms with van der Waals surface area (Å²) >= 11 is 6.10. The smallest absolute Gasteiger partial charge is 0.264 e. The van der Waals surface area contributed by atoms with E-state index in [1.807, 2.05) is 4.72 Å². The number of benzene rings is 2. The molecule has 0 aliphatic rings. The second kappa shape index (κ2) is 6.68. The molecule has 2 aromatic carbocycles. The van der Waals surface area contributed by atoms with Crippen molar-refractivity contribution in [3.8, 4) is 11.1 Å². The SMILES string of the molecule is CCS(=O)(=O)NC(=O)c1ccc(Cl)c(-c2cccc(C)c2F)c1. The predicted octanol–water partition coefficient (Wildman–Crippen LogP) is 3.53. The Morgan fingerprint density at radius 3 is 2.57 bits per heavy atom. The van der Waals surface area contributed by atoms with Crippen LogP contribution >= 0.6 is 11.6 Å². The fourth-order valence-electron chi connectivity index (χ4n) is 2.00. The zero-order valence-corrected chi connectivity index (χ0v) is 14.1. The van der Waals surface area contributed by atoms with Crippen molar-refractivity contribution in [2.75, 3.05) is 5.75 Å². The number of amides is 1. The molecular weight excluding hydrogens is 341 g/mol. The van der Waals surface area contributed by atoms with Crippen LogP contribution in [0.3, 0.4) is 0 Å². The first-order chi connectivity index (χ1) is 10.7. The summed E-state index contributed by atoms with van der Waals surface area (Å²) in [7, 11) is -3.68. The largest absolute Gasteiger partial charge is 0.268 e. The first-order valence-corrected chi connectivity index (χ1v) is 8.88. The third kappa shape index (κ3) is 3.89. The normalized spacial score (nSPS) is 11.3. The Morgan fingerprint density at radius 2 is 1.91 bits per heavy atom. The third-order valence-electron chi connectivity index (χ3n) is 3.34. The quantitative estimate of drug-likeness (QED) is 0.912. The van der Waals surface area contributed by atoms with Crippen LogP contribution in [0.5, 0.6) is 0 Å². The van der Waals surface area contributed by atoms with Gasteiger partial charge in [0.15, 0.2) is 0 Å². The monoisotopic (exact) mass is 355 g/mol. The maximum atomic E-state index is 14.3. The molecule has 0 saturated carbocycles.